The molecule has 1 atom stereocenters. The van der Waals surface area contributed by atoms with Crippen LogP contribution >= 0.6 is 11.8 Å². The van der Waals surface area contributed by atoms with Gasteiger partial charge >= 0.3 is 0 Å². The summed E-state index contributed by atoms with van der Waals surface area (Å²) in [6.07, 6.45) is 7.41. The van der Waals surface area contributed by atoms with E-state index in [0.29, 0.717) is 23.1 Å². The molecular formula is C20H25FN4OS. The van der Waals surface area contributed by atoms with Gasteiger partial charge in [0.05, 0.1) is 10.8 Å². The molecule has 2 aromatic rings. The number of thioether (sulfide) groups is 1. The number of hydrogen-bond donors (Lipinski definition) is 1. The lowest BCUT2D eigenvalue weighted by atomic mass is 9.95. The predicted molar refractivity (Wildman–Crippen MR) is 106 cm³/mol. The van der Waals surface area contributed by atoms with E-state index in [4.69, 9.17) is 0 Å². The van der Waals surface area contributed by atoms with Crippen LogP contribution in [0, 0.1) is 5.82 Å². The quantitative estimate of drug-likeness (QED) is 0.570. The van der Waals surface area contributed by atoms with Gasteiger partial charge in [0.2, 0.25) is 5.91 Å². The summed E-state index contributed by atoms with van der Waals surface area (Å²) in [6, 6.07) is 6.75. The van der Waals surface area contributed by atoms with Gasteiger partial charge in [0.15, 0.2) is 11.0 Å². The molecule has 1 fully saturated rings. The SMILES string of the molecule is C=CCn1c(SC(C)C(=O)NC2CCCCC2)nnc1-c1ccccc1F. The van der Waals surface area contributed by atoms with E-state index in [-0.39, 0.29) is 23.0 Å². The number of rotatable bonds is 7. The van der Waals surface area contributed by atoms with Crippen molar-refractivity contribution >= 4 is 17.7 Å². The minimum atomic E-state index is -0.352. The number of hydrogen-bond acceptors (Lipinski definition) is 4. The van der Waals surface area contributed by atoms with Gasteiger partial charge in [-0.2, -0.15) is 0 Å². The van der Waals surface area contributed by atoms with E-state index in [1.54, 1.807) is 28.8 Å². The Bertz CT molecular complexity index is 801. The van der Waals surface area contributed by atoms with Crippen molar-refractivity contribution in [2.75, 3.05) is 0 Å². The Morgan fingerprint density at radius 1 is 1.37 bits per heavy atom. The van der Waals surface area contributed by atoms with E-state index in [1.165, 1.54) is 37.1 Å². The van der Waals surface area contributed by atoms with Gasteiger partial charge in [0, 0.05) is 12.6 Å². The van der Waals surface area contributed by atoms with Crippen LogP contribution in [0.2, 0.25) is 0 Å². The van der Waals surface area contributed by atoms with E-state index in [0.717, 1.165) is 12.8 Å². The molecular weight excluding hydrogens is 363 g/mol. The maximum atomic E-state index is 14.2. The number of carbonyl (C=O) groups excluding carboxylic acids is 1. The van der Waals surface area contributed by atoms with Crippen molar-refractivity contribution in [3.8, 4) is 11.4 Å². The highest BCUT2D eigenvalue weighted by atomic mass is 32.2. The van der Waals surface area contributed by atoms with Crippen LogP contribution in [0.5, 0.6) is 0 Å². The third-order valence-electron chi connectivity index (χ3n) is 4.75. The number of carbonyl (C=O) groups is 1. The second kappa shape index (κ2) is 9.17. The molecule has 0 aliphatic heterocycles. The first kappa shape index (κ1) is 19.6. The van der Waals surface area contributed by atoms with Crippen LogP contribution in [0.15, 0.2) is 42.1 Å². The van der Waals surface area contributed by atoms with Gasteiger partial charge in [-0.15, -0.1) is 16.8 Å². The predicted octanol–water partition coefficient (Wildman–Crippen LogP) is 4.20. The molecule has 1 aliphatic rings. The van der Waals surface area contributed by atoms with Gasteiger partial charge in [0.1, 0.15) is 5.82 Å². The summed E-state index contributed by atoms with van der Waals surface area (Å²) in [5.74, 6) is 0.0951. The fourth-order valence-electron chi connectivity index (χ4n) is 3.29. The van der Waals surface area contributed by atoms with Gasteiger partial charge in [-0.1, -0.05) is 49.2 Å². The molecule has 144 valence electrons. The normalized spacial score (nSPS) is 16.1. The fraction of sp³-hybridized carbons (Fsp3) is 0.450. The van der Waals surface area contributed by atoms with Gasteiger partial charge in [-0.05, 0) is 31.9 Å². The molecule has 27 heavy (non-hydrogen) atoms. The number of aromatic nitrogens is 3. The molecule has 5 nitrogen and oxygen atoms in total. The highest BCUT2D eigenvalue weighted by Crippen LogP contribution is 2.28. The lowest BCUT2D eigenvalue weighted by Crippen LogP contribution is -2.40. The maximum absolute atomic E-state index is 14.2. The molecule has 1 amide bonds. The zero-order chi connectivity index (χ0) is 19.2. The van der Waals surface area contributed by atoms with Gasteiger partial charge in [-0.3, -0.25) is 9.36 Å². The van der Waals surface area contributed by atoms with Gasteiger partial charge < -0.3 is 5.32 Å². The number of nitrogens with one attached hydrogen (secondary N) is 1. The molecule has 0 bridgehead atoms. The zero-order valence-electron chi connectivity index (χ0n) is 15.5. The minimum absolute atomic E-state index is 0.00694. The van der Waals surface area contributed by atoms with Crippen LogP contribution in [0.3, 0.4) is 0 Å². The molecule has 0 saturated heterocycles. The standard InChI is InChI=1S/C20H25FN4OS/c1-3-13-25-18(16-11-7-8-12-17(16)21)23-24-20(25)27-14(2)19(26)22-15-9-5-4-6-10-15/h3,7-8,11-12,14-15H,1,4-6,9-10,13H2,2H3,(H,22,26). The van der Waals surface area contributed by atoms with Crippen molar-refractivity contribution in [1.29, 1.82) is 0 Å². The van der Waals surface area contributed by atoms with Gasteiger partial charge in [0.25, 0.3) is 0 Å². The van der Waals surface area contributed by atoms with Crippen LogP contribution in [0.4, 0.5) is 4.39 Å². The molecule has 7 heteroatoms. The Kier molecular flexibility index (Phi) is 6.66. The van der Waals surface area contributed by atoms with Crippen molar-refractivity contribution in [3.05, 3.63) is 42.7 Å². The largest absolute Gasteiger partial charge is 0.352 e. The molecule has 0 spiro atoms. The first-order valence-electron chi connectivity index (χ1n) is 9.36. The lowest BCUT2D eigenvalue weighted by molar-refractivity contribution is -0.121. The monoisotopic (exact) mass is 388 g/mol. The summed E-state index contributed by atoms with van der Waals surface area (Å²) in [5.41, 5.74) is 0.387. The third-order valence-corrected chi connectivity index (χ3v) is 5.83. The molecule has 1 N–H and O–H groups in total. The van der Waals surface area contributed by atoms with Crippen LogP contribution in [-0.2, 0) is 11.3 Å². The number of amides is 1. The molecule has 0 radical (unpaired) electrons. The summed E-state index contributed by atoms with van der Waals surface area (Å²) < 4.78 is 16.0. The topological polar surface area (TPSA) is 59.8 Å². The average Bonchev–Trinajstić information content (AvgIpc) is 3.05. The Balaban J connectivity index is 1.75. The molecule has 1 heterocycles. The highest BCUT2D eigenvalue weighted by Gasteiger charge is 2.24. The molecule has 1 aromatic heterocycles. The lowest BCUT2D eigenvalue weighted by Gasteiger charge is -2.24. The van der Waals surface area contributed by atoms with Crippen molar-refractivity contribution in [2.24, 2.45) is 0 Å². The smallest absolute Gasteiger partial charge is 0.233 e. The molecule has 1 aromatic carbocycles. The van der Waals surface area contributed by atoms with Crippen LogP contribution < -0.4 is 5.32 Å². The highest BCUT2D eigenvalue weighted by molar-refractivity contribution is 8.00. The van der Waals surface area contributed by atoms with Crippen LogP contribution in [0.1, 0.15) is 39.0 Å². The van der Waals surface area contributed by atoms with E-state index in [9.17, 15) is 9.18 Å². The zero-order valence-corrected chi connectivity index (χ0v) is 16.3. The Labute approximate surface area is 163 Å². The van der Waals surface area contributed by atoms with Gasteiger partial charge in [-0.25, -0.2) is 4.39 Å². The van der Waals surface area contributed by atoms with Crippen molar-refractivity contribution < 1.29 is 9.18 Å². The maximum Gasteiger partial charge on any atom is 0.233 e. The first-order chi connectivity index (χ1) is 13.1. The Morgan fingerprint density at radius 2 is 2.11 bits per heavy atom. The second-order valence-corrected chi connectivity index (χ2v) is 8.10. The Morgan fingerprint density at radius 3 is 2.81 bits per heavy atom. The second-order valence-electron chi connectivity index (χ2n) is 6.79. The number of nitrogens with zero attached hydrogens (tertiary/aromatic N) is 3. The van der Waals surface area contributed by atoms with E-state index >= 15 is 0 Å². The molecule has 1 unspecified atom stereocenters. The summed E-state index contributed by atoms with van der Waals surface area (Å²) in [4.78, 5) is 12.5. The molecule has 3 rings (SSSR count). The first-order valence-corrected chi connectivity index (χ1v) is 10.2. The molecule has 1 aliphatic carbocycles. The van der Waals surface area contributed by atoms with Crippen LogP contribution in [-0.4, -0.2) is 32.0 Å². The fourth-order valence-corrected chi connectivity index (χ4v) is 4.16. The van der Waals surface area contributed by atoms with E-state index < -0.39 is 0 Å². The van der Waals surface area contributed by atoms with Crippen molar-refractivity contribution in [2.45, 2.75) is 62.0 Å². The van der Waals surface area contributed by atoms with Crippen molar-refractivity contribution in [3.63, 3.8) is 0 Å². The summed E-state index contributed by atoms with van der Waals surface area (Å²) >= 11 is 1.34. The molecule has 1 saturated carbocycles. The summed E-state index contributed by atoms with van der Waals surface area (Å²) in [6.45, 7) is 6.07. The minimum Gasteiger partial charge on any atom is -0.352 e. The third kappa shape index (κ3) is 4.77. The van der Waals surface area contributed by atoms with Crippen molar-refractivity contribution in [1.82, 2.24) is 20.1 Å². The van der Waals surface area contributed by atoms with E-state index in [2.05, 4.69) is 22.1 Å². The Hall–Kier alpha value is -2.15. The van der Waals surface area contributed by atoms with E-state index in [1.807, 2.05) is 6.92 Å². The number of allylic oxidation sites excluding steroid dienone is 1. The summed E-state index contributed by atoms with van der Waals surface area (Å²) in [7, 11) is 0. The average molecular weight is 389 g/mol. The number of benzene rings is 1. The summed E-state index contributed by atoms with van der Waals surface area (Å²) in [5, 5.41) is 11.8. The number of halogens is 1. The van der Waals surface area contributed by atoms with Crippen LogP contribution in [0.25, 0.3) is 11.4 Å².